The van der Waals surface area contributed by atoms with Gasteiger partial charge in [0.2, 0.25) is 0 Å². The molecule has 0 aromatic heterocycles. The van der Waals surface area contributed by atoms with Crippen molar-refractivity contribution in [2.24, 2.45) is 17.8 Å². The highest BCUT2D eigenvalue weighted by molar-refractivity contribution is 5.71. The van der Waals surface area contributed by atoms with E-state index in [-0.39, 0.29) is 31.1 Å². The first-order valence-electron chi connectivity index (χ1n) is 26.1. The minimum Gasteiger partial charge on any atom is -0.462 e. The fraction of sp³-hybridized carbons (Fsp3) is 0.943. The molecular formula is C53H102O6. The molecule has 0 bridgehead atoms. The molecule has 0 aliphatic rings. The highest BCUT2D eigenvalue weighted by Crippen LogP contribution is 2.18. The van der Waals surface area contributed by atoms with Crippen molar-refractivity contribution in [3.63, 3.8) is 0 Å². The SMILES string of the molecule is CCC(C)CCCCCCCCCCC(=O)OC[C@@H](COC(=O)CCCCCCCCCCC(C)C)OC(=O)CCCCCCCCCCCCCCCCCC(C)C. The van der Waals surface area contributed by atoms with Gasteiger partial charge in [0.1, 0.15) is 13.2 Å². The zero-order valence-electron chi connectivity index (χ0n) is 40.5. The predicted molar refractivity (Wildman–Crippen MR) is 252 cm³/mol. The van der Waals surface area contributed by atoms with Gasteiger partial charge in [-0.25, -0.2) is 0 Å². The first-order valence-corrected chi connectivity index (χ1v) is 26.1. The summed E-state index contributed by atoms with van der Waals surface area (Å²) in [6, 6.07) is 0. The van der Waals surface area contributed by atoms with Gasteiger partial charge in [0.15, 0.2) is 6.10 Å². The van der Waals surface area contributed by atoms with Gasteiger partial charge in [-0.1, -0.05) is 247 Å². The van der Waals surface area contributed by atoms with Crippen LogP contribution < -0.4 is 0 Å². The summed E-state index contributed by atoms with van der Waals surface area (Å²) in [5.41, 5.74) is 0. The number of unbranched alkanes of at least 4 members (excludes halogenated alkanes) is 28. The number of hydrogen-bond donors (Lipinski definition) is 0. The van der Waals surface area contributed by atoms with E-state index in [1.165, 1.54) is 167 Å². The third-order valence-corrected chi connectivity index (χ3v) is 12.3. The largest absolute Gasteiger partial charge is 0.462 e. The predicted octanol–water partition coefficient (Wildman–Crippen LogP) is 16.8. The molecule has 59 heavy (non-hydrogen) atoms. The smallest absolute Gasteiger partial charge is 0.306 e. The molecule has 0 saturated heterocycles. The Morgan fingerprint density at radius 3 is 0.881 bits per heavy atom. The third-order valence-electron chi connectivity index (χ3n) is 12.3. The Balaban J connectivity index is 4.30. The Hall–Kier alpha value is -1.59. The molecule has 0 saturated carbocycles. The van der Waals surface area contributed by atoms with Crippen LogP contribution in [0.1, 0.15) is 286 Å². The molecule has 1 unspecified atom stereocenters. The van der Waals surface area contributed by atoms with Crippen LogP contribution in [-0.2, 0) is 28.6 Å². The van der Waals surface area contributed by atoms with Gasteiger partial charge >= 0.3 is 17.9 Å². The molecule has 6 heteroatoms. The molecule has 0 radical (unpaired) electrons. The van der Waals surface area contributed by atoms with Crippen molar-refractivity contribution in [1.82, 2.24) is 0 Å². The van der Waals surface area contributed by atoms with Gasteiger partial charge in [-0.05, 0) is 37.0 Å². The zero-order valence-corrected chi connectivity index (χ0v) is 40.5. The first-order chi connectivity index (χ1) is 28.6. The third kappa shape index (κ3) is 45.8. The van der Waals surface area contributed by atoms with Gasteiger partial charge < -0.3 is 14.2 Å². The van der Waals surface area contributed by atoms with E-state index < -0.39 is 6.10 Å². The van der Waals surface area contributed by atoms with Crippen molar-refractivity contribution in [3.8, 4) is 0 Å². The van der Waals surface area contributed by atoms with Crippen LogP contribution in [0.5, 0.6) is 0 Å². The van der Waals surface area contributed by atoms with Crippen molar-refractivity contribution in [3.05, 3.63) is 0 Å². The summed E-state index contributed by atoms with van der Waals surface area (Å²) >= 11 is 0. The zero-order chi connectivity index (χ0) is 43.4. The van der Waals surface area contributed by atoms with E-state index in [0.29, 0.717) is 19.3 Å². The van der Waals surface area contributed by atoms with Crippen LogP contribution in [0.25, 0.3) is 0 Å². The summed E-state index contributed by atoms with van der Waals surface area (Å²) in [5, 5.41) is 0. The highest BCUT2D eigenvalue weighted by atomic mass is 16.6. The molecule has 0 aromatic rings. The van der Waals surface area contributed by atoms with Gasteiger partial charge in [-0.15, -0.1) is 0 Å². The van der Waals surface area contributed by atoms with Crippen molar-refractivity contribution in [1.29, 1.82) is 0 Å². The highest BCUT2D eigenvalue weighted by Gasteiger charge is 2.19. The molecular weight excluding hydrogens is 733 g/mol. The van der Waals surface area contributed by atoms with Gasteiger partial charge in [0.05, 0.1) is 0 Å². The van der Waals surface area contributed by atoms with Gasteiger partial charge in [0, 0.05) is 19.3 Å². The minimum absolute atomic E-state index is 0.0654. The van der Waals surface area contributed by atoms with Crippen molar-refractivity contribution in [2.45, 2.75) is 292 Å². The topological polar surface area (TPSA) is 78.9 Å². The quantitative estimate of drug-likeness (QED) is 0.0345. The van der Waals surface area contributed by atoms with E-state index in [1.54, 1.807) is 0 Å². The van der Waals surface area contributed by atoms with Gasteiger partial charge in [-0.2, -0.15) is 0 Å². The second kappa shape index (κ2) is 44.5. The van der Waals surface area contributed by atoms with Gasteiger partial charge in [0.25, 0.3) is 0 Å². The number of carbonyl (C=O) groups is 3. The lowest BCUT2D eigenvalue weighted by atomic mass is 9.99. The van der Waals surface area contributed by atoms with E-state index in [9.17, 15) is 14.4 Å². The molecule has 0 fully saturated rings. The Morgan fingerprint density at radius 2 is 0.593 bits per heavy atom. The van der Waals surface area contributed by atoms with E-state index in [1.807, 2.05) is 0 Å². The van der Waals surface area contributed by atoms with Gasteiger partial charge in [-0.3, -0.25) is 14.4 Å². The maximum absolute atomic E-state index is 12.8. The molecule has 350 valence electrons. The summed E-state index contributed by atoms with van der Waals surface area (Å²) < 4.78 is 16.8. The second-order valence-electron chi connectivity index (χ2n) is 19.4. The molecule has 0 N–H and O–H groups in total. The number of hydrogen-bond acceptors (Lipinski definition) is 6. The molecule has 6 nitrogen and oxygen atoms in total. The van der Waals surface area contributed by atoms with Crippen LogP contribution in [0, 0.1) is 17.8 Å². The Morgan fingerprint density at radius 1 is 0.339 bits per heavy atom. The normalized spacial score (nSPS) is 12.6. The standard InChI is InChI=1S/C53H102O6/c1-7-49(6)41-35-29-23-18-20-25-31-37-43-52(55)58-46-50(45-57-51(54)42-36-30-24-19-17-22-28-34-40-48(4)5)59-53(56)44-38-32-26-16-14-12-10-8-9-11-13-15-21-27-33-39-47(2)3/h47-50H,7-46H2,1-6H3/t49?,50-/m1/s1. The van der Waals surface area contributed by atoms with E-state index in [0.717, 1.165) is 75.5 Å². The molecule has 2 atom stereocenters. The molecule has 0 aliphatic carbocycles. The molecule has 0 spiro atoms. The second-order valence-corrected chi connectivity index (χ2v) is 19.4. The summed E-state index contributed by atoms with van der Waals surface area (Å²) in [5.74, 6) is 1.64. The van der Waals surface area contributed by atoms with Crippen molar-refractivity contribution >= 4 is 17.9 Å². The number of esters is 3. The Kier molecular flexibility index (Phi) is 43.3. The minimum atomic E-state index is -0.763. The average molecular weight is 835 g/mol. The van der Waals surface area contributed by atoms with Crippen LogP contribution in [0.3, 0.4) is 0 Å². The van der Waals surface area contributed by atoms with Crippen LogP contribution >= 0.6 is 0 Å². The molecule has 0 amide bonds. The van der Waals surface area contributed by atoms with Crippen molar-refractivity contribution in [2.75, 3.05) is 13.2 Å². The van der Waals surface area contributed by atoms with Crippen LogP contribution in [-0.4, -0.2) is 37.2 Å². The lowest BCUT2D eigenvalue weighted by Crippen LogP contribution is -2.30. The maximum Gasteiger partial charge on any atom is 0.306 e. The molecule has 0 rings (SSSR count). The molecule has 0 heterocycles. The van der Waals surface area contributed by atoms with E-state index in [2.05, 4.69) is 41.5 Å². The van der Waals surface area contributed by atoms with Crippen LogP contribution in [0.15, 0.2) is 0 Å². The number of carbonyl (C=O) groups excluding carboxylic acids is 3. The summed E-state index contributed by atoms with van der Waals surface area (Å²) in [4.78, 5) is 37.9. The summed E-state index contributed by atoms with van der Waals surface area (Å²) in [6.45, 7) is 13.7. The molecule has 0 aliphatic heterocycles. The van der Waals surface area contributed by atoms with Crippen LogP contribution in [0.2, 0.25) is 0 Å². The Labute approximate surface area is 368 Å². The summed E-state index contributed by atoms with van der Waals surface area (Å²) in [7, 11) is 0. The molecule has 0 aromatic carbocycles. The van der Waals surface area contributed by atoms with E-state index in [4.69, 9.17) is 14.2 Å². The first kappa shape index (κ1) is 57.4. The maximum atomic E-state index is 12.8. The number of rotatable bonds is 46. The Bertz CT molecular complexity index is 916. The fourth-order valence-corrected chi connectivity index (χ4v) is 7.91. The van der Waals surface area contributed by atoms with Crippen molar-refractivity contribution < 1.29 is 28.6 Å². The van der Waals surface area contributed by atoms with Crippen LogP contribution in [0.4, 0.5) is 0 Å². The summed E-state index contributed by atoms with van der Waals surface area (Å²) in [6.07, 6.45) is 43.8. The lowest BCUT2D eigenvalue weighted by molar-refractivity contribution is -0.167. The fourth-order valence-electron chi connectivity index (χ4n) is 7.91. The lowest BCUT2D eigenvalue weighted by Gasteiger charge is -2.18. The monoisotopic (exact) mass is 835 g/mol. The van der Waals surface area contributed by atoms with E-state index >= 15 is 0 Å². The average Bonchev–Trinajstić information content (AvgIpc) is 3.20. The number of ether oxygens (including phenoxy) is 3.